The first-order chi connectivity index (χ1) is 9.05. The number of hydrogen-bond donors (Lipinski definition) is 3. The highest BCUT2D eigenvalue weighted by Gasteiger charge is 2.59. The SMILES string of the molecule is NC(N)=NC(N)=Nc1ccccc1C(F)(F)C(F)(F)F. The summed E-state index contributed by atoms with van der Waals surface area (Å²) in [6, 6.07) is 3.77. The van der Waals surface area contributed by atoms with Crippen LogP contribution in [-0.4, -0.2) is 18.1 Å². The summed E-state index contributed by atoms with van der Waals surface area (Å²) in [6.07, 6.45) is -5.76. The van der Waals surface area contributed by atoms with Crippen LogP contribution in [0.1, 0.15) is 5.56 Å². The first-order valence-corrected chi connectivity index (χ1v) is 5.03. The maximum Gasteiger partial charge on any atom is 0.458 e. The topological polar surface area (TPSA) is 103 Å². The van der Waals surface area contributed by atoms with Crippen LogP contribution >= 0.6 is 0 Å². The normalized spacial score (nSPS) is 13.2. The van der Waals surface area contributed by atoms with E-state index in [1.807, 2.05) is 0 Å². The number of halogens is 5. The monoisotopic (exact) mass is 295 g/mol. The zero-order valence-electron chi connectivity index (χ0n) is 9.83. The zero-order chi connectivity index (χ0) is 15.6. The van der Waals surface area contributed by atoms with E-state index < -0.39 is 35.3 Å². The fourth-order valence-electron chi connectivity index (χ4n) is 1.27. The summed E-state index contributed by atoms with van der Waals surface area (Å²) in [6.45, 7) is 0. The van der Waals surface area contributed by atoms with E-state index in [0.29, 0.717) is 6.07 Å². The van der Waals surface area contributed by atoms with Crippen LogP contribution in [0.3, 0.4) is 0 Å². The van der Waals surface area contributed by atoms with E-state index in [1.165, 1.54) is 6.07 Å². The molecule has 0 spiro atoms. The van der Waals surface area contributed by atoms with Gasteiger partial charge < -0.3 is 17.2 Å². The minimum absolute atomic E-state index is 0.508. The molecule has 0 atom stereocenters. The molecular formula is C10H10F5N5. The van der Waals surface area contributed by atoms with Gasteiger partial charge in [-0.3, -0.25) is 0 Å². The van der Waals surface area contributed by atoms with Crippen LogP contribution in [-0.2, 0) is 5.92 Å². The molecule has 0 amide bonds. The molecule has 110 valence electrons. The molecule has 6 N–H and O–H groups in total. The molecule has 0 fully saturated rings. The number of para-hydroxylation sites is 1. The smallest absolute Gasteiger partial charge is 0.370 e. The fraction of sp³-hybridized carbons (Fsp3) is 0.200. The van der Waals surface area contributed by atoms with Crippen LogP contribution in [0, 0.1) is 0 Å². The Kier molecular flexibility index (Phi) is 4.16. The van der Waals surface area contributed by atoms with Gasteiger partial charge in [0.15, 0.2) is 5.96 Å². The van der Waals surface area contributed by atoms with Crippen molar-refractivity contribution in [1.29, 1.82) is 0 Å². The molecule has 1 rings (SSSR count). The van der Waals surface area contributed by atoms with E-state index in [4.69, 9.17) is 17.2 Å². The molecule has 0 aliphatic rings. The number of hydrogen-bond acceptors (Lipinski definition) is 1. The number of nitrogens with zero attached hydrogens (tertiary/aromatic N) is 2. The van der Waals surface area contributed by atoms with Crippen molar-refractivity contribution in [3.8, 4) is 0 Å². The minimum atomic E-state index is -5.76. The van der Waals surface area contributed by atoms with Crippen molar-refractivity contribution in [3.05, 3.63) is 29.8 Å². The fourth-order valence-corrected chi connectivity index (χ4v) is 1.27. The number of benzene rings is 1. The van der Waals surface area contributed by atoms with Gasteiger partial charge in [-0.2, -0.15) is 26.9 Å². The summed E-state index contributed by atoms with van der Waals surface area (Å²) in [4.78, 5) is 6.58. The van der Waals surface area contributed by atoms with E-state index in [-0.39, 0.29) is 0 Å². The average molecular weight is 295 g/mol. The molecule has 1 aromatic rings. The predicted octanol–water partition coefficient (Wildman–Crippen LogP) is 1.56. The zero-order valence-corrected chi connectivity index (χ0v) is 9.83. The van der Waals surface area contributed by atoms with E-state index in [0.717, 1.165) is 12.1 Å². The summed E-state index contributed by atoms with van der Waals surface area (Å²) in [5.41, 5.74) is 13.1. The molecule has 5 nitrogen and oxygen atoms in total. The van der Waals surface area contributed by atoms with E-state index in [2.05, 4.69) is 9.98 Å². The molecule has 0 saturated heterocycles. The summed E-state index contributed by atoms with van der Waals surface area (Å²) in [7, 11) is 0. The molecule has 0 radical (unpaired) electrons. The molecule has 1 aromatic carbocycles. The Morgan fingerprint density at radius 1 is 0.950 bits per heavy atom. The highest BCUT2D eigenvalue weighted by Crippen LogP contribution is 2.46. The van der Waals surface area contributed by atoms with Crippen LogP contribution in [0.15, 0.2) is 34.3 Å². The van der Waals surface area contributed by atoms with E-state index >= 15 is 0 Å². The van der Waals surface area contributed by atoms with Crippen LogP contribution < -0.4 is 17.2 Å². The molecule has 0 aliphatic carbocycles. The van der Waals surface area contributed by atoms with Crippen molar-refractivity contribution in [2.45, 2.75) is 12.1 Å². The van der Waals surface area contributed by atoms with Crippen LogP contribution in [0.2, 0.25) is 0 Å². The third kappa shape index (κ3) is 3.33. The Bertz CT molecular complexity index is 545. The molecule has 0 aromatic heterocycles. The lowest BCUT2D eigenvalue weighted by Crippen LogP contribution is -2.33. The van der Waals surface area contributed by atoms with E-state index in [1.54, 1.807) is 0 Å². The molecule has 0 aliphatic heterocycles. The summed E-state index contributed by atoms with van der Waals surface area (Å²) in [5.74, 6) is -6.23. The lowest BCUT2D eigenvalue weighted by atomic mass is 10.1. The van der Waals surface area contributed by atoms with Crippen molar-refractivity contribution in [1.82, 2.24) is 0 Å². The number of aliphatic imine (C=N–C) groups is 2. The Labute approximate surface area is 110 Å². The number of rotatable bonds is 2. The van der Waals surface area contributed by atoms with Gasteiger partial charge in [0.05, 0.1) is 11.3 Å². The number of alkyl halides is 5. The van der Waals surface area contributed by atoms with Crippen molar-refractivity contribution >= 4 is 17.6 Å². The lowest BCUT2D eigenvalue weighted by Gasteiger charge is -2.21. The number of guanidine groups is 2. The summed E-state index contributed by atoms with van der Waals surface area (Å²) < 4.78 is 63.7. The average Bonchev–Trinajstić information content (AvgIpc) is 2.26. The molecule has 0 bridgehead atoms. The van der Waals surface area contributed by atoms with Gasteiger partial charge >= 0.3 is 12.1 Å². The van der Waals surface area contributed by atoms with Gasteiger partial charge in [-0.05, 0) is 6.07 Å². The highest BCUT2D eigenvalue weighted by atomic mass is 19.4. The second-order valence-electron chi connectivity index (χ2n) is 3.60. The van der Waals surface area contributed by atoms with Gasteiger partial charge in [-0.15, -0.1) is 0 Å². The van der Waals surface area contributed by atoms with Gasteiger partial charge in [-0.1, -0.05) is 18.2 Å². The molecule has 0 unspecified atom stereocenters. The Balaban J connectivity index is 3.36. The van der Waals surface area contributed by atoms with Crippen molar-refractivity contribution < 1.29 is 22.0 Å². The van der Waals surface area contributed by atoms with Crippen molar-refractivity contribution in [3.63, 3.8) is 0 Å². The van der Waals surface area contributed by atoms with Crippen LogP contribution in [0.5, 0.6) is 0 Å². The van der Waals surface area contributed by atoms with Crippen LogP contribution in [0.4, 0.5) is 27.6 Å². The maximum atomic E-state index is 13.3. The third-order valence-corrected chi connectivity index (χ3v) is 2.08. The Morgan fingerprint density at radius 2 is 1.50 bits per heavy atom. The summed E-state index contributed by atoms with van der Waals surface area (Å²) >= 11 is 0. The van der Waals surface area contributed by atoms with Gasteiger partial charge in [0.2, 0.25) is 5.96 Å². The molecule has 10 heteroatoms. The standard InChI is InChI=1S/C10H10F5N5/c11-9(12,10(13,14)15)5-3-1-2-4-6(5)19-8(18)20-7(16)17/h1-4H,(H6,16,17,18,19,20). The molecular weight excluding hydrogens is 285 g/mol. The lowest BCUT2D eigenvalue weighted by molar-refractivity contribution is -0.289. The largest absolute Gasteiger partial charge is 0.458 e. The Hall–Kier alpha value is -2.39. The second kappa shape index (κ2) is 5.31. The summed E-state index contributed by atoms with van der Waals surface area (Å²) in [5, 5.41) is 0. The highest BCUT2D eigenvalue weighted by molar-refractivity contribution is 5.93. The molecule has 0 heterocycles. The quantitative estimate of drug-likeness (QED) is 0.438. The number of nitrogens with two attached hydrogens (primary N) is 3. The first kappa shape index (κ1) is 15.7. The third-order valence-electron chi connectivity index (χ3n) is 2.08. The van der Waals surface area contributed by atoms with Crippen molar-refractivity contribution in [2.24, 2.45) is 27.2 Å². The van der Waals surface area contributed by atoms with Crippen molar-refractivity contribution in [2.75, 3.05) is 0 Å². The van der Waals surface area contributed by atoms with Crippen LogP contribution in [0.25, 0.3) is 0 Å². The first-order valence-electron chi connectivity index (χ1n) is 5.03. The Morgan fingerprint density at radius 3 is 2.00 bits per heavy atom. The predicted molar refractivity (Wildman–Crippen MR) is 63.5 cm³/mol. The molecule has 20 heavy (non-hydrogen) atoms. The van der Waals surface area contributed by atoms with Gasteiger partial charge in [0, 0.05) is 0 Å². The maximum absolute atomic E-state index is 13.3. The minimum Gasteiger partial charge on any atom is -0.370 e. The van der Waals surface area contributed by atoms with Gasteiger partial charge in [0.25, 0.3) is 0 Å². The van der Waals surface area contributed by atoms with E-state index in [9.17, 15) is 22.0 Å². The second-order valence-corrected chi connectivity index (χ2v) is 3.60. The van der Waals surface area contributed by atoms with Gasteiger partial charge in [-0.25, -0.2) is 4.99 Å². The van der Waals surface area contributed by atoms with Gasteiger partial charge in [0.1, 0.15) is 0 Å². The molecule has 0 saturated carbocycles.